The van der Waals surface area contributed by atoms with E-state index in [1.54, 1.807) is 18.5 Å². The van der Waals surface area contributed by atoms with E-state index in [-0.39, 0.29) is 0 Å². The van der Waals surface area contributed by atoms with Crippen LogP contribution in [0.15, 0.2) is 81.6 Å². The highest BCUT2D eigenvalue weighted by Crippen LogP contribution is 2.29. The molecule has 1 aliphatic heterocycles. The summed E-state index contributed by atoms with van der Waals surface area (Å²) in [5.74, 6) is 3.54. The fourth-order valence-electron chi connectivity index (χ4n) is 4.06. The van der Waals surface area contributed by atoms with Gasteiger partial charge in [-0.3, -0.25) is 0 Å². The fraction of sp³-hybridized carbons (Fsp3) is 0.269. The number of nitrogens with zero attached hydrogens (tertiary/aromatic N) is 5. The highest BCUT2D eigenvalue weighted by Gasteiger charge is 2.20. The lowest BCUT2D eigenvalue weighted by Crippen LogP contribution is -2.35. The largest absolute Gasteiger partial charge is 0.459 e. The summed E-state index contributed by atoms with van der Waals surface area (Å²) in [6.45, 7) is 4.66. The minimum absolute atomic E-state index is 0.420. The second-order valence-electron chi connectivity index (χ2n) is 8.65. The molecule has 0 bridgehead atoms. The van der Waals surface area contributed by atoms with Gasteiger partial charge in [0.2, 0.25) is 5.95 Å². The smallest absolute Gasteiger partial charge is 0.232 e. The van der Waals surface area contributed by atoms with Crippen molar-refractivity contribution in [1.29, 1.82) is 0 Å². The molecule has 1 atom stereocenters. The number of hydrogen-bond donors (Lipinski definition) is 2. The normalized spacial score (nSPS) is 15.5. The van der Waals surface area contributed by atoms with Crippen LogP contribution in [0.5, 0.6) is 0 Å². The van der Waals surface area contributed by atoms with Crippen molar-refractivity contribution < 1.29 is 4.42 Å². The van der Waals surface area contributed by atoms with Gasteiger partial charge in [0.05, 0.1) is 6.54 Å². The molecule has 0 radical (unpaired) electrons. The summed E-state index contributed by atoms with van der Waals surface area (Å²) in [6, 6.07) is 17.7. The number of nitrogens with one attached hydrogen (secondary N) is 2. The number of hydrogen-bond acceptors (Lipinski definition) is 8. The number of furan rings is 1. The first-order valence-electron chi connectivity index (χ1n) is 11.9. The van der Waals surface area contributed by atoms with Crippen LogP contribution < -0.4 is 15.5 Å². The molecule has 0 unspecified atom stereocenters. The maximum atomic E-state index is 5.96. The summed E-state index contributed by atoms with van der Waals surface area (Å²) in [4.78, 5) is 20.4. The van der Waals surface area contributed by atoms with Crippen molar-refractivity contribution in [3.63, 3.8) is 0 Å². The van der Waals surface area contributed by atoms with E-state index in [2.05, 4.69) is 37.4 Å². The van der Waals surface area contributed by atoms with Crippen molar-refractivity contribution in [3.8, 4) is 11.3 Å². The maximum Gasteiger partial charge on any atom is 0.232 e. The Bertz CT molecular complexity index is 1300. The molecule has 2 N–H and O–H groups in total. The van der Waals surface area contributed by atoms with Crippen LogP contribution in [0.4, 0.5) is 11.8 Å². The van der Waals surface area contributed by atoms with Crippen LogP contribution in [0.1, 0.15) is 25.5 Å². The van der Waals surface area contributed by atoms with Gasteiger partial charge in [-0.15, -0.1) is 0 Å². The Morgan fingerprint density at radius 3 is 2.75 bits per heavy atom. The van der Waals surface area contributed by atoms with Gasteiger partial charge in [-0.2, -0.15) is 4.98 Å². The third kappa shape index (κ3) is 6.38. The molecule has 4 aromatic rings. The van der Waals surface area contributed by atoms with E-state index in [0.29, 0.717) is 28.7 Å². The quantitative estimate of drug-likeness (QED) is 0.189. The second kappa shape index (κ2) is 11.5. The van der Waals surface area contributed by atoms with E-state index >= 15 is 0 Å². The molecule has 0 aliphatic carbocycles. The molecule has 4 heterocycles. The third-order valence-electron chi connectivity index (χ3n) is 5.78. The van der Waals surface area contributed by atoms with Gasteiger partial charge in [0.25, 0.3) is 0 Å². The van der Waals surface area contributed by atoms with Gasteiger partial charge in [0.15, 0.2) is 10.3 Å². The number of anilines is 2. The summed E-state index contributed by atoms with van der Waals surface area (Å²) in [5.41, 5.74) is 1.04. The maximum absolute atomic E-state index is 5.96. The minimum atomic E-state index is 0.420. The van der Waals surface area contributed by atoms with Crippen molar-refractivity contribution in [1.82, 2.24) is 25.3 Å². The minimum Gasteiger partial charge on any atom is -0.459 e. The van der Waals surface area contributed by atoms with Gasteiger partial charge in [-0.05, 0) is 60.9 Å². The monoisotopic (exact) mass is 517 g/mol. The van der Waals surface area contributed by atoms with E-state index in [1.807, 2.05) is 48.5 Å². The van der Waals surface area contributed by atoms with Crippen molar-refractivity contribution in [2.75, 3.05) is 23.3 Å². The summed E-state index contributed by atoms with van der Waals surface area (Å²) in [7, 11) is 0. The van der Waals surface area contributed by atoms with E-state index < -0.39 is 0 Å². The molecule has 0 amide bonds. The molecule has 8 nitrogen and oxygen atoms in total. The van der Waals surface area contributed by atoms with Crippen LogP contribution in [-0.4, -0.2) is 38.1 Å². The molecule has 1 fully saturated rings. The van der Waals surface area contributed by atoms with Crippen LogP contribution >= 0.6 is 24.0 Å². The van der Waals surface area contributed by atoms with E-state index in [0.717, 1.165) is 47.4 Å². The number of thiocarbonyl (C=S) groups is 1. The van der Waals surface area contributed by atoms with Crippen LogP contribution in [0, 0.1) is 5.92 Å². The fourth-order valence-corrected chi connectivity index (χ4v) is 4.93. The first kappa shape index (κ1) is 24.2. The molecule has 1 aliphatic rings. The average molecular weight is 518 g/mol. The molecule has 36 heavy (non-hydrogen) atoms. The van der Waals surface area contributed by atoms with E-state index in [4.69, 9.17) is 21.6 Å². The van der Waals surface area contributed by atoms with Gasteiger partial charge in [0.1, 0.15) is 22.4 Å². The first-order chi connectivity index (χ1) is 17.6. The zero-order valence-electron chi connectivity index (χ0n) is 19.9. The number of aromatic nitrogens is 4. The standard InChI is InChI=1S/C26H27N7OS2/c1-18-7-5-14-33(17-18)22-15-23(36-26-27-12-6-13-28-26)31-24(30-22)32-25(35)29-16-20-10-11-21(34-20)19-8-3-2-4-9-19/h2-4,6,8-13,15,18H,5,7,14,16-17H2,1H3,(H2,29,30,31,32,35)/t18-/m1/s1. The summed E-state index contributed by atoms with van der Waals surface area (Å²) >= 11 is 6.94. The predicted molar refractivity (Wildman–Crippen MR) is 146 cm³/mol. The Balaban J connectivity index is 1.28. The Morgan fingerprint density at radius 2 is 1.94 bits per heavy atom. The molecular formula is C26H27N7OS2. The molecule has 10 heteroatoms. The second-order valence-corrected chi connectivity index (χ2v) is 10.1. The lowest BCUT2D eigenvalue weighted by atomic mass is 10.0. The highest BCUT2D eigenvalue weighted by molar-refractivity contribution is 7.99. The lowest BCUT2D eigenvalue weighted by Gasteiger charge is -2.32. The van der Waals surface area contributed by atoms with Crippen molar-refractivity contribution in [2.45, 2.75) is 36.5 Å². The Hall–Kier alpha value is -3.50. The first-order valence-corrected chi connectivity index (χ1v) is 13.1. The topological polar surface area (TPSA) is 92.0 Å². The van der Waals surface area contributed by atoms with Crippen molar-refractivity contribution in [3.05, 3.63) is 72.8 Å². The van der Waals surface area contributed by atoms with Gasteiger partial charge in [0, 0.05) is 37.1 Å². The molecule has 0 spiro atoms. The molecule has 1 aromatic carbocycles. The zero-order chi connectivity index (χ0) is 24.7. The van der Waals surface area contributed by atoms with Crippen LogP contribution in [0.3, 0.4) is 0 Å². The van der Waals surface area contributed by atoms with Crippen LogP contribution in [0.25, 0.3) is 11.3 Å². The third-order valence-corrected chi connectivity index (χ3v) is 6.83. The zero-order valence-corrected chi connectivity index (χ0v) is 21.6. The van der Waals surface area contributed by atoms with Crippen molar-refractivity contribution in [2.24, 2.45) is 5.92 Å². The van der Waals surface area contributed by atoms with Gasteiger partial charge < -0.3 is 20.0 Å². The molecule has 3 aromatic heterocycles. The highest BCUT2D eigenvalue weighted by atomic mass is 32.2. The molecule has 0 saturated carbocycles. The molecule has 1 saturated heterocycles. The summed E-state index contributed by atoms with van der Waals surface area (Å²) < 4.78 is 5.96. The van der Waals surface area contributed by atoms with Gasteiger partial charge in [-0.25, -0.2) is 15.0 Å². The van der Waals surface area contributed by atoms with Crippen LogP contribution in [-0.2, 0) is 6.54 Å². The number of rotatable bonds is 7. The predicted octanol–water partition coefficient (Wildman–Crippen LogP) is 5.40. The van der Waals surface area contributed by atoms with Crippen LogP contribution in [0.2, 0.25) is 0 Å². The van der Waals surface area contributed by atoms with Gasteiger partial charge >= 0.3 is 0 Å². The summed E-state index contributed by atoms with van der Waals surface area (Å²) in [5, 5.41) is 8.14. The van der Waals surface area contributed by atoms with Gasteiger partial charge in [-0.1, -0.05) is 37.3 Å². The molecule has 5 rings (SSSR count). The Labute approximate surface area is 220 Å². The number of piperidine rings is 1. The van der Waals surface area contributed by atoms with E-state index in [1.165, 1.54) is 18.2 Å². The SMILES string of the molecule is C[C@@H]1CCCN(c2cc(Sc3ncccn3)nc(NC(=S)NCc3ccc(-c4ccccc4)o3)n2)C1. The molecule has 184 valence electrons. The van der Waals surface area contributed by atoms with Crippen molar-refractivity contribution >= 4 is 40.9 Å². The van der Waals surface area contributed by atoms with E-state index in [9.17, 15) is 0 Å². The Kier molecular flexibility index (Phi) is 7.73. The Morgan fingerprint density at radius 1 is 1.11 bits per heavy atom. The lowest BCUT2D eigenvalue weighted by molar-refractivity contribution is 0.444. The average Bonchev–Trinajstić information content (AvgIpc) is 3.38. The number of benzene rings is 1. The molecular weight excluding hydrogens is 490 g/mol. The summed E-state index contributed by atoms with van der Waals surface area (Å²) in [6.07, 6.45) is 5.82.